The van der Waals surface area contributed by atoms with Gasteiger partial charge in [0.05, 0.1) is 4.90 Å². The van der Waals surface area contributed by atoms with Crippen molar-refractivity contribution in [2.45, 2.75) is 24.2 Å². The molecule has 0 bridgehead atoms. The first-order valence-corrected chi connectivity index (χ1v) is 7.95. The molecule has 1 heterocycles. The predicted octanol–water partition coefficient (Wildman–Crippen LogP) is 1.96. The molecule has 1 N–H and O–H groups in total. The number of nitrogens with zero attached hydrogens (tertiary/aromatic N) is 1. The normalized spacial score (nSPS) is 17.4. The fraction of sp³-hybridized carbons (Fsp3) is 0.357. The van der Waals surface area contributed by atoms with Crippen molar-refractivity contribution in [1.82, 2.24) is 4.31 Å². The molecule has 0 amide bonds. The van der Waals surface area contributed by atoms with E-state index in [0.29, 0.717) is 18.7 Å². The van der Waals surface area contributed by atoms with Crippen LogP contribution < -0.4 is 0 Å². The van der Waals surface area contributed by atoms with Crippen LogP contribution in [0.5, 0.6) is 0 Å². The molecule has 108 valence electrons. The number of carboxylic acids is 1. The van der Waals surface area contributed by atoms with Gasteiger partial charge in [-0.15, -0.1) is 0 Å². The molecule has 1 fully saturated rings. The lowest BCUT2D eigenvalue weighted by atomic mass is 10.2. The van der Waals surface area contributed by atoms with E-state index in [1.54, 1.807) is 18.2 Å². The Morgan fingerprint density at radius 3 is 2.55 bits per heavy atom. The van der Waals surface area contributed by atoms with Crippen LogP contribution in [0.15, 0.2) is 35.2 Å². The summed E-state index contributed by atoms with van der Waals surface area (Å²) in [6, 6.07) is 6.35. The van der Waals surface area contributed by atoms with E-state index in [1.165, 1.54) is 16.4 Å². The minimum atomic E-state index is -3.47. The summed E-state index contributed by atoms with van der Waals surface area (Å²) in [4.78, 5) is 10.7. The fourth-order valence-corrected chi connectivity index (χ4v) is 3.77. The zero-order valence-corrected chi connectivity index (χ0v) is 11.8. The maximum atomic E-state index is 12.5. The highest BCUT2D eigenvalue weighted by atomic mass is 32.2. The van der Waals surface area contributed by atoms with Crippen LogP contribution in [0.25, 0.3) is 6.08 Å². The summed E-state index contributed by atoms with van der Waals surface area (Å²) in [7, 11) is -3.47. The van der Waals surface area contributed by atoms with Gasteiger partial charge in [0.15, 0.2) is 0 Å². The van der Waals surface area contributed by atoms with E-state index < -0.39 is 16.0 Å². The molecule has 0 aliphatic carbocycles. The summed E-state index contributed by atoms with van der Waals surface area (Å²) in [5.41, 5.74) is 0.561. The van der Waals surface area contributed by atoms with Gasteiger partial charge in [0.1, 0.15) is 0 Å². The van der Waals surface area contributed by atoms with Crippen molar-refractivity contribution < 1.29 is 18.3 Å². The number of hydrogen-bond acceptors (Lipinski definition) is 3. The fourth-order valence-electron chi connectivity index (χ4n) is 2.20. The minimum absolute atomic E-state index is 0.215. The van der Waals surface area contributed by atoms with E-state index in [-0.39, 0.29) is 4.90 Å². The van der Waals surface area contributed by atoms with Crippen molar-refractivity contribution in [1.29, 1.82) is 0 Å². The number of hydrogen-bond donors (Lipinski definition) is 1. The molecule has 1 aliphatic heterocycles. The molecule has 0 saturated carbocycles. The third-order valence-electron chi connectivity index (χ3n) is 3.23. The molecule has 2 rings (SSSR count). The van der Waals surface area contributed by atoms with E-state index in [4.69, 9.17) is 5.11 Å². The zero-order chi connectivity index (χ0) is 14.6. The molecule has 0 radical (unpaired) electrons. The smallest absolute Gasteiger partial charge is 0.328 e. The monoisotopic (exact) mass is 295 g/mol. The van der Waals surface area contributed by atoms with Crippen LogP contribution in [0.3, 0.4) is 0 Å². The number of piperidine rings is 1. The number of rotatable bonds is 4. The molecule has 0 aromatic heterocycles. The molecule has 0 spiro atoms. The average Bonchev–Trinajstić information content (AvgIpc) is 2.46. The van der Waals surface area contributed by atoms with Gasteiger partial charge in [0.25, 0.3) is 0 Å². The van der Waals surface area contributed by atoms with E-state index in [0.717, 1.165) is 25.3 Å². The van der Waals surface area contributed by atoms with Crippen LogP contribution in [0.4, 0.5) is 0 Å². The molecule has 0 unspecified atom stereocenters. The lowest BCUT2D eigenvalue weighted by Crippen LogP contribution is -2.35. The SMILES string of the molecule is O=C(O)/C=C/c1cccc(S(=O)(=O)N2CCCCC2)c1. The van der Waals surface area contributed by atoms with Crippen LogP contribution in [0, 0.1) is 0 Å². The molecule has 5 nitrogen and oxygen atoms in total. The molecule has 1 saturated heterocycles. The molecule has 1 aromatic rings. The quantitative estimate of drug-likeness (QED) is 0.862. The van der Waals surface area contributed by atoms with Crippen LogP contribution in [0.1, 0.15) is 24.8 Å². The van der Waals surface area contributed by atoms with E-state index in [9.17, 15) is 13.2 Å². The first-order chi connectivity index (χ1) is 9.50. The second kappa shape index (κ2) is 6.19. The van der Waals surface area contributed by atoms with E-state index >= 15 is 0 Å². The number of aliphatic carboxylic acids is 1. The summed E-state index contributed by atoms with van der Waals surface area (Å²) in [6.45, 7) is 1.11. The Morgan fingerprint density at radius 1 is 1.20 bits per heavy atom. The summed E-state index contributed by atoms with van der Waals surface area (Å²) >= 11 is 0. The topological polar surface area (TPSA) is 74.7 Å². The summed E-state index contributed by atoms with van der Waals surface area (Å²) in [5, 5.41) is 8.59. The van der Waals surface area contributed by atoms with Gasteiger partial charge in [-0.3, -0.25) is 0 Å². The van der Waals surface area contributed by atoms with Gasteiger partial charge >= 0.3 is 5.97 Å². The molecule has 1 aromatic carbocycles. The number of benzene rings is 1. The van der Waals surface area contributed by atoms with Gasteiger partial charge in [-0.2, -0.15) is 4.31 Å². The summed E-state index contributed by atoms with van der Waals surface area (Å²) in [6.07, 6.45) is 5.22. The first kappa shape index (κ1) is 14.7. The Balaban J connectivity index is 2.27. The molecular formula is C14H17NO4S. The number of carboxylic acid groups (broad SMARTS) is 1. The third kappa shape index (κ3) is 3.46. The molecular weight excluding hydrogens is 278 g/mol. The minimum Gasteiger partial charge on any atom is -0.478 e. The third-order valence-corrected chi connectivity index (χ3v) is 5.12. The van der Waals surface area contributed by atoms with Gasteiger partial charge < -0.3 is 5.11 Å². The van der Waals surface area contributed by atoms with Crippen LogP contribution >= 0.6 is 0 Å². The van der Waals surface area contributed by atoms with E-state index in [1.807, 2.05) is 0 Å². The van der Waals surface area contributed by atoms with Gasteiger partial charge in [-0.1, -0.05) is 18.6 Å². The second-order valence-electron chi connectivity index (χ2n) is 4.71. The Labute approximate surface area is 118 Å². The average molecular weight is 295 g/mol. The van der Waals surface area contributed by atoms with Crippen LogP contribution in [0.2, 0.25) is 0 Å². The van der Waals surface area contributed by atoms with Crippen molar-refractivity contribution in [2.75, 3.05) is 13.1 Å². The molecule has 6 heteroatoms. The summed E-state index contributed by atoms with van der Waals surface area (Å²) < 4.78 is 26.4. The predicted molar refractivity (Wildman–Crippen MR) is 75.7 cm³/mol. The van der Waals surface area contributed by atoms with E-state index in [2.05, 4.69) is 0 Å². The zero-order valence-electron chi connectivity index (χ0n) is 11.0. The van der Waals surface area contributed by atoms with Crippen molar-refractivity contribution in [3.8, 4) is 0 Å². The standard InChI is InChI=1S/C14H17NO4S/c16-14(17)8-7-12-5-4-6-13(11-12)20(18,19)15-9-2-1-3-10-15/h4-8,11H,1-3,9-10H2,(H,16,17)/b8-7+. The highest BCUT2D eigenvalue weighted by molar-refractivity contribution is 7.89. The largest absolute Gasteiger partial charge is 0.478 e. The maximum Gasteiger partial charge on any atom is 0.328 e. The Hall–Kier alpha value is -1.66. The molecule has 20 heavy (non-hydrogen) atoms. The van der Waals surface area contributed by atoms with Gasteiger partial charge in [-0.25, -0.2) is 13.2 Å². The van der Waals surface area contributed by atoms with Crippen LogP contribution in [-0.2, 0) is 14.8 Å². The Bertz CT molecular complexity index is 616. The van der Waals surface area contributed by atoms with Crippen molar-refractivity contribution in [3.05, 3.63) is 35.9 Å². The van der Waals surface area contributed by atoms with Gasteiger partial charge in [-0.05, 0) is 36.6 Å². The molecule has 1 aliphatic rings. The van der Waals surface area contributed by atoms with Gasteiger partial charge in [0, 0.05) is 19.2 Å². The van der Waals surface area contributed by atoms with Crippen molar-refractivity contribution in [2.24, 2.45) is 0 Å². The van der Waals surface area contributed by atoms with Gasteiger partial charge in [0.2, 0.25) is 10.0 Å². The summed E-state index contributed by atoms with van der Waals surface area (Å²) in [5.74, 6) is -1.06. The van der Waals surface area contributed by atoms with Crippen molar-refractivity contribution >= 4 is 22.1 Å². The maximum absolute atomic E-state index is 12.5. The first-order valence-electron chi connectivity index (χ1n) is 6.51. The number of carbonyl (C=O) groups is 1. The number of sulfonamides is 1. The molecule has 0 atom stereocenters. The van der Waals surface area contributed by atoms with Crippen molar-refractivity contribution in [3.63, 3.8) is 0 Å². The highest BCUT2D eigenvalue weighted by Crippen LogP contribution is 2.21. The lowest BCUT2D eigenvalue weighted by Gasteiger charge is -2.25. The Kier molecular flexibility index (Phi) is 4.57. The highest BCUT2D eigenvalue weighted by Gasteiger charge is 2.25. The second-order valence-corrected chi connectivity index (χ2v) is 6.65. The Morgan fingerprint density at radius 2 is 1.90 bits per heavy atom. The van der Waals surface area contributed by atoms with Crippen LogP contribution in [-0.4, -0.2) is 36.9 Å². The lowest BCUT2D eigenvalue weighted by molar-refractivity contribution is -0.131.